The molecule has 0 aliphatic carbocycles. The van der Waals surface area contributed by atoms with E-state index in [2.05, 4.69) is 65.1 Å². The molecule has 170 valence electrons. The van der Waals surface area contributed by atoms with Gasteiger partial charge in [0.15, 0.2) is 0 Å². The van der Waals surface area contributed by atoms with E-state index in [-0.39, 0.29) is 11.9 Å². The van der Waals surface area contributed by atoms with Crippen LogP contribution in [0.15, 0.2) is 49.6 Å². The molecule has 2 aromatic rings. The third-order valence-corrected chi connectivity index (χ3v) is 4.35. The lowest BCUT2D eigenvalue weighted by Gasteiger charge is -2.17. The van der Waals surface area contributed by atoms with Crippen molar-refractivity contribution in [1.29, 1.82) is 0 Å². The Morgan fingerprint density at radius 3 is 2.61 bits per heavy atom. The first-order chi connectivity index (χ1) is 15.0. The number of hydrogen-bond acceptors (Lipinski definition) is 5. The smallest absolute Gasteiger partial charge is 0.237 e. The molecular formula is C24H38N6O. The fourth-order valence-electron chi connectivity index (χ4n) is 2.78. The maximum absolute atomic E-state index is 12.5. The summed E-state index contributed by atoms with van der Waals surface area (Å²) < 4.78 is 1.75. The fourth-order valence-corrected chi connectivity index (χ4v) is 2.78. The van der Waals surface area contributed by atoms with Crippen LogP contribution in [-0.2, 0) is 11.3 Å². The van der Waals surface area contributed by atoms with Gasteiger partial charge in [0, 0.05) is 24.6 Å². The predicted octanol–water partition coefficient (Wildman–Crippen LogP) is 4.28. The van der Waals surface area contributed by atoms with Crippen molar-refractivity contribution in [3.63, 3.8) is 0 Å². The topological polar surface area (TPSA) is 84.7 Å². The number of allylic oxidation sites excluding steroid dienone is 2. The Morgan fingerprint density at radius 2 is 2.03 bits per heavy atom. The van der Waals surface area contributed by atoms with Gasteiger partial charge in [0.1, 0.15) is 6.33 Å². The molecule has 0 spiro atoms. The number of nitrogens with zero attached hydrogens (tertiary/aromatic N) is 4. The van der Waals surface area contributed by atoms with Gasteiger partial charge < -0.3 is 10.6 Å². The fraction of sp³-hybridized carbons (Fsp3) is 0.500. The average molecular weight is 427 g/mol. The van der Waals surface area contributed by atoms with E-state index in [9.17, 15) is 4.79 Å². The molecule has 0 radical (unpaired) electrons. The largest absolute Gasteiger partial charge is 0.349 e. The van der Waals surface area contributed by atoms with Crippen molar-refractivity contribution >= 4 is 5.91 Å². The van der Waals surface area contributed by atoms with Crippen LogP contribution in [0.25, 0.3) is 5.95 Å². The monoisotopic (exact) mass is 426 g/mol. The van der Waals surface area contributed by atoms with Crippen LogP contribution < -0.4 is 10.6 Å². The van der Waals surface area contributed by atoms with Crippen LogP contribution in [0.5, 0.6) is 0 Å². The van der Waals surface area contributed by atoms with Crippen molar-refractivity contribution < 1.29 is 4.79 Å². The van der Waals surface area contributed by atoms with E-state index >= 15 is 0 Å². The number of carbonyl (C=O) groups excluding carboxylic acids is 1. The molecule has 2 heterocycles. The summed E-state index contributed by atoms with van der Waals surface area (Å²) in [7, 11) is 0. The first-order valence-corrected chi connectivity index (χ1v) is 11.1. The third-order valence-electron chi connectivity index (χ3n) is 4.35. The summed E-state index contributed by atoms with van der Waals surface area (Å²) in [4.78, 5) is 25.4. The van der Waals surface area contributed by atoms with E-state index < -0.39 is 0 Å². The van der Waals surface area contributed by atoms with Crippen LogP contribution in [0.3, 0.4) is 0 Å². The van der Waals surface area contributed by atoms with Gasteiger partial charge in [-0.1, -0.05) is 51.8 Å². The molecule has 0 aromatic carbocycles. The standard InChI is InChI=1S/C19H28N6O.C5H10/c1-4-6-7-9-21-17(8-5-2)18(26)22-13-16-12-15(3)23-19(24-16)25-11-10-20-14-25;1-3-5-4-2/h6-7,10-12,14,17,21H,4-5,8-9,13H2,1-3H3,(H,22,26);3H,1,4-5H2,2H3/b7-6+;. The molecule has 0 aliphatic heterocycles. The second-order valence-electron chi connectivity index (χ2n) is 7.19. The van der Waals surface area contributed by atoms with Crippen molar-refractivity contribution in [2.24, 2.45) is 0 Å². The first kappa shape index (κ1) is 26.2. The van der Waals surface area contributed by atoms with Gasteiger partial charge in [0.05, 0.1) is 18.3 Å². The number of aryl methyl sites for hydroxylation is 1. The van der Waals surface area contributed by atoms with E-state index in [1.807, 2.05) is 19.1 Å². The predicted molar refractivity (Wildman–Crippen MR) is 127 cm³/mol. The van der Waals surface area contributed by atoms with Crippen LogP contribution in [0.1, 0.15) is 64.3 Å². The number of carbonyl (C=O) groups is 1. The number of rotatable bonds is 12. The average Bonchev–Trinajstić information content (AvgIpc) is 3.30. The van der Waals surface area contributed by atoms with Crippen LogP contribution in [0, 0.1) is 6.92 Å². The van der Waals surface area contributed by atoms with Gasteiger partial charge in [0.25, 0.3) is 0 Å². The molecule has 2 rings (SSSR count). The highest BCUT2D eigenvalue weighted by molar-refractivity contribution is 5.81. The lowest BCUT2D eigenvalue weighted by atomic mass is 10.1. The van der Waals surface area contributed by atoms with Crippen molar-refractivity contribution in [2.45, 2.75) is 72.4 Å². The minimum Gasteiger partial charge on any atom is -0.349 e. The Balaban J connectivity index is 0.000000861. The molecule has 2 N–H and O–H groups in total. The van der Waals surface area contributed by atoms with E-state index in [0.29, 0.717) is 19.0 Å². The Hall–Kier alpha value is -2.80. The Bertz CT molecular complexity index is 785. The molecule has 31 heavy (non-hydrogen) atoms. The van der Waals surface area contributed by atoms with Gasteiger partial charge in [-0.2, -0.15) is 0 Å². The zero-order valence-corrected chi connectivity index (χ0v) is 19.5. The maximum atomic E-state index is 12.5. The molecule has 0 saturated heterocycles. The van der Waals surface area contributed by atoms with E-state index in [1.165, 1.54) is 6.42 Å². The molecule has 7 heteroatoms. The van der Waals surface area contributed by atoms with Crippen LogP contribution in [0.2, 0.25) is 0 Å². The van der Waals surface area contributed by atoms with Crippen LogP contribution in [0.4, 0.5) is 0 Å². The number of imidazole rings is 1. The molecular weight excluding hydrogens is 388 g/mol. The molecule has 0 fully saturated rings. The first-order valence-electron chi connectivity index (χ1n) is 11.1. The van der Waals surface area contributed by atoms with Crippen molar-refractivity contribution in [1.82, 2.24) is 30.2 Å². The minimum atomic E-state index is -0.197. The molecule has 1 amide bonds. The van der Waals surface area contributed by atoms with Gasteiger partial charge in [-0.05, 0) is 32.3 Å². The second kappa shape index (κ2) is 16.0. The molecule has 1 unspecified atom stereocenters. The molecule has 0 bridgehead atoms. The Kier molecular flexibility index (Phi) is 13.5. The molecule has 1 atom stereocenters. The highest BCUT2D eigenvalue weighted by atomic mass is 16.2. The van der Waals surface area contributed by atoms with E-state index in [0.717, 1.165) is 37.1 Å². The van der Waals surface area contributed by atoms with Gasteiger partial charge in [0.2, 0.25) is 11.9 Å². The second-order valence-corrected chi connectivity index (χ2v) is 7.19. The van der Waals surface area contributed by atoms with Crippen LogP contribution >= 0.6 is 0 Å². The summed E-state index contributed by atoms with van der Waals surface area (Å²) in [5.74, 6) is 0.553. The Morgan fingerprint density at radius 1 is 1.23 bits per heavy atom. The summed E-state index contributed by atoms with van der Waals surface area (Å²) in [6.45, 7) is 12.8. The third kappa shape index (κ3) is 10.7. The molecule has 7 nitrogen and oxygen atoms in total. The normalized spacial score (nSPS) is 11.6. The number of aromatic nitrogens is 4. The molecule has 2 aromatic heterocycles. The van der Waals surface area contributed by atoms with Gasteiger partial charge >= 0.3 is 0 Å². The molecule has 0 aliphatic rings. The summed E-state index contributed by atoms with van der Waals surface area (Å²) in [6, 6.07) is 1.69. The van der Waals surface area contributed by atoms with Crippen molar-refractivity contribution in [2.75, 3.05) is 6.54 Å². The minimum absolute atomic E-state index is 0.00260. The lowest BCUT2D eigenvalue weighted by molar-refractivity contribution is -0.123. The van der Waals surface area contributed by atoms with Gasteiger partial charge in [-0.25, -0.2) is 15.0 Å². The number of unbranched alkanes of at least 4 members (excludes halogenated alkanes) is 1. The van der Waals surface area contributed by atoms with E-state index in [1.54, 1.807) is 23.3 Å². The number of nitrogens with one attached hydrogen (secondary N) is 2. The zero-order chi connectivity index (χ0) is 22.9. The quantitative estimate of drug-likeness (QED) is 0.495. The Labute approximate surface area is 187 Å². The van der Waals surface area contributed by atoms with Crippen molar-refractivity contribution in [3.8, 4) is 5.95 Å². The van der Waals surface area contributed by atoms with Gasteiger partial charge in [-0.3, -0.25) is 9.36 Å². The van der Waals surface area contributed by atoms with Crippen LogP contribution in [-0.4, -0.2) is 38.0 Å². The summed E-state index contributed by atoms with van der Waals surface area (Å²) in [5, 5.41) is 6.28. The maximum Gasteiger partial charge on any atom is 0.237 e. The summed E-state index contributed by atoms with van der Waals surface area (Å²) in [6.07, 6.45) is 16.3. The van der Waals surface area contributed by atoms with E-state index in [4.69, 9.17) is 0 Å². The number of hydrogen-bond donors (Lipinski definition) is 2. The zero-order valence-electron chi connectivity index (χ0n) is 19.5. The SMILES string of the molecule is C=CCCC.CC/C=C/CNC(CCC)C(=O)NCc1cc(C)nc(-n2ccnc2)n1. The lowest BCUT2D eigenvalue weighted by Crippen LogP contribution is -2.44. The molecule has 0 saturated carbocycles. The summed E-state index contributed by atoms with van der Waals surface area (Å²) in [5.41, 5.74) is 1.62. The van der Waals surface area contributed by atoms with Gasteiger partial charge in [-0.15, -0.1) is 6.58 Å². The summed E-state index contributed by atoms with van der Waals surface area (Å²) >= 11 is 0. The van der Waals surface area contributed by atoms with Crippen molar-refractivity contribution in [3.05, 3.63) is 61.0 Å². The highest BCUT2D eigenvalue weighted by Gasteiger charge is 2.16. The number of amides is 1. The highest BCUT2D eigenvalue weighted by Crippen LogP contribution is 2.06.